The zero-order chi connectivity index (χ0) is 12.3. The summed E-state index contributed by atoms with van der Waals surface area (Å²) in [6.45, 7) is 3.51. The van der Waals surface area contributed by atoms with Gasteiger partial charge in [-0.1, -0.05) is 0 Å². The van der Waals surface area contributed by atoms with Crippen molar-refractivity contribution in [1.82, 2.24) is 15.1 Å². The molecule has 1 aromatic heterocycles. The molecule has 3 N–H and O–H groups in total. The molecule has 1 aliphatic rings. The number of rotatable bonds is 5. The highest BCUT2D eigenvalue weighted by Gasteiger charge is 2.26. The molecule has 1 amide bonds. The third-order valence-corrected chi connectivity index (χ3v) is 2.88. The van der Waals surface area contributed by atoms with Crippen molar-refractivity contribution in [3.05, 3.63) is 17.8 Å². The van der Waals surface area contributed by atoms with Gasteiger partial charge in [-0.3, -0.25) is 4.79 Å². The van der Waals surface area contributed by atoms with Crippen LogP contribution in [-0.2, 0) is 0 Å². The molecule has 0 bridgehead atoms. The van der Waals surface area contributed by atoms with Crippen molar-refractivity contribution < 1.29 is 4.79 Å². The quantitative estimate of drug-likeness (QED) is 0.577. The molecule has 0 aromatic carbocycles. The number of hydrogen-bond acceptors (Lipinski definition) is 5. The van der Waals surface area contributed by atoms with E-state index >= 15 is 0 Å². The second-order valence-corrected chi connectivity index (χ2v) is 4.24. The lowest BCUT2D eigenvalue weighted by Crippen LogP contribution is -2.33. The Labute approximate surface area is 100 Å². The van der Waals surface area contributed by atoms with Crippen molar-refractivity contribution in [2.45, 2.75) is 19.8 Å². The molecule has 6 heteroatoms. The van der Waals surface area contributed by atoms with Gasteiger partial charge >= 0.3 is 0 Å². The number of hydrazine groups is 1. The molecule has 2 rings (SSSR count). The number of carbonyl (C=O) groups excluding carboxylic acids is 1. The smallest absolute Gasteiger partial charge is 0.274 e. The summed E-state index contributed by atoms with van der Waals surface area (Å²) >= 11 is 0. The molecule has 0 atom stereocenters. The van der Waals surface area contributed by atoms with E-state index < -0.39 is 0 Å². The van der Waals surface area contributed by atoms with Crippen LogP contribution in [0.4, 0.5) is 5.82 Å². The van der Waals surface area contributed by atoms with Gasteiger partial charge in [0.1, 0.15) is 0 Å². The van der Waals surface area contributed by atoms with Crippen LogP contribution in [0.25, 0.3) is 0 Å². The third kappa shape index (κ3) is 2.91. The Kier molecular flexibility index (Phi) is 3.53. The Bertz CT molecular complexity index is 387. The molecule has 0 unspecified atom stereocenters. The summed E-state index contributed by atoms with van der Waals surface area (Å²) < 4.78 is 0. The lowest BCUT2D eigenvalue weighted by atomic mass is 10.3. The minimum absolute atomic E-state index is 0.0597. The number of nitrogen functional groups attached to an aromatic ring is 1. The van der Waals surface area contributed by atoms with Crippen LogP contribution >= 0.6 is 0 Å². The molecule has 6 nitrogen and oxygen atoms in total. The molecule has 0 aliphatic heterocycles. The predicted molar refractivity (Wildman–Crippen MR) is 64.1 cm³/mol. The van der Waals surface area contributed by atoms with Crippen LogP contribution in [-0.4, -0.2) is 34.1 Å². The van der Waals surface area contributed by atoms with Crippen molar-refractivity contribution in [3.63, 3.8) is 0 Å². The first-order valence-corrected chi connectivity index (χ1v) is 5.84. The highest BCUT2D eigenvalue weighted by Crippen LogP contribution is 2.29. The lowest BCUT2D eigenvalue weighted by molar-refractivity contribution is 0.0750. The van der Waals surface area contributed by atoms with Gasteiger partial charge in [0.15, 0.2) is 11.5 Å². The van der Waals surface area contributed by atoms with Gasteiger partial charge < -0.3 is 10.3 Å². The van der Waals surface area contributed by atoms with E-state index in [9.17, 15) is 4.79 Å². The summed E-state index contributed by atoms with van der Waals surface area (Å²) in [6, 6.07) is 3.28. The summed E-state index contributed by atoms with van der Waals surface area (Å²) in [5.74, 6) is 6.26. The van der Waals surface area contributed by atoms with E-state index in [4.69, 9.17) is 5.84 Å². The number of aromatic nitrogens is 2. The first kappa shape index (κ1) is 11.8. The van der Waals surface area contributed by atoms with Crippen LogP contribution in [0.5, 0.6) is 0 Å². The molecule has 1 heterocycles. The average molecular weight is 235 g/mol. The molecule has 1 fully saturated rings. The highest BCUT2D eigenvalue weighted by molar-refractivity contribution is 5.92. The Hall–Kier alpha value is -1.69. The molecular weight excluding hydrogens is 218 g/mol. The van der Waals surface area contributed by atoms with Crippen molar-refractivity contribution in [2.24, 2.45) is 11.8 Å². The topological polar surface area (TPSA) is 84.1 Å². The Morgan fingerprint density at radius 2 is 2.29 bits per heavy atom. The fourth-order valence-electron chi connectivity index (χ4n) is 1.65. The molecule has 1 aliphatic carbocycles. The molecule has 0 saturated heterocycles. The number of amides is 1. The van der Waals surface area contributed by atoms with E-state index in [1.807, 2.05) is 11.8 Å². The van der Waals surface area contributed by atoms with E-state index in [0.717, 1.165) is 6.54 Å². The van der Waals surface area contributed by atoms with Crippen molar-refractivity contribution >= 4 is 11.7 Å². The maximum atomic E-state index is 12.1. The first-order chi connectivity index (χ1) is 8.24. The van der Waals surface area contributed by atoms with Gasteiger partial charge in [-0.25, -0.2) is 5.84 Å². The van der Waals surface area contributed by atoms with Gasteiger partial charge in [0.25, 0.3) is 5.91 Å². The third-order valence-electron chi connectivity index (χ3n) is 2.88. The van der Waals surface area contributed by atoms with Gasteiger partial charge in [0.2, 0.25) is 0 Å². The highest BCUT2D eigenvalue weighted by atomic mass is 16.2. The number of hydrogen-bond donors (Lipinski definition) is 2. The lowest BCUT2D eigenvalue weighted by Gasteiger charge is -2.19. The van der Waals surface area contributed by atoms with E-state index in [0.29, 0.717) is 24.0 Å². The predicted octanol–water partition coefficient (Wildman–Crippen LogP) is 0.634. The van der Waals surface area contributed by atoms with Crippen molar-refractivity contribution in [2.75, 3.05) is 18.5 Å². The SMILES string of the molecule is CCN(CC1CC1)C(=O)c1ccc(NN)nn1. The van der Waals surface area contributed by atoms with E-state index in [2.05, 4.69) is 15.6 Å². The Balaban J connectivity index is 2.04. The number of anilines is 1. The van der Waals surface area contributed by atoms with Crippen LogP contribution in [0.1, 0.15) is 30.3 Å². The zero-order valence-electron chi connectivity index (χ0n) is 9.89. The molecule has 0 radical (unpaired) electrons. The second kappa shape index (κ2) is 5.09. The molecule has 92 valence electrons. The van der Waals surface area contributed by atoms with Crippen LogP contribution in [0.15, 0.2) is 12.1 Å². The maximum Gasteiger partial charge on any atom is 0.274 e. The number of nitrogens with one attached hydrogen (secondary N) is 1. The van der Waals surface area contributed by atoms with Gasteiger partial charge in [-0.2, -0.15) is 0 Å². The minimum Gasteiger partial charge on any atom is -0.337 e. The normalized spacial score (nSPS) is 14.5. The molecule has 1 saturated carbocycles. The van der Waals surface area contributed by atoms with Crippen molar-refractivity contribution in [1.29, 1.82) is 0 Å². The number of nitrogens with zero attached hydrogens (tertiary/aromatic N) is 3. The number of carbonyl (C=O) groups is 1. The maximum absolute atomic E-state index is 12.1. The van der Waals surface area contributed by atoms with E-state index in [1.54, 1.807) is 12.1 Å². The van der Waals surface area contributed by atoms with E-state index in [1.165, 1.54) is 12.8 Å². The molecule has 1 aromatic rings. The summed E-state index contributed by atoms with van der Waals surface area (Å²) in [4.78, 5) is 13.9. The molecular formula is C11H17N5O. The van der Waals surface area contributed by atoms with Gasteiger partial charge in [0.05, 0.1) is 0 Å². The summed E-state index contributed by atoms with van der Waals surface area (Å²) in [7, 11) is 0. The standard InChI is InChI=1S/C11H17N5O/c1-2-16(7-8-3-4-8)11(17)9-5-6-10(13-12)15-14-9/h5-6,8H,2-4,7,12H2,1H3,(H,13,15). The van der Waals surface area contributed by atoms with Crippen LogP contribution in [0.3, 0.4) is 0 Å². The van der Waals surface area contributed by atoms with Gasteiger partial charge in [-0.05, 0) is 37.8 Å². The molecule has 0 spiro atoms. The fourth-order valence-corrected chi connectivity index (χ4v) is 1.65. The molecule has 17 heavy (non-hydrogen) atoms. The summed E-state index contributed by atoms with van der Waals surface area (Å²) in [5, 5.41) is 7.66. The average Bonchev–Trinajstić information content (AvgIpc) is 3.19. The minimum atomic E-state index is -0.0597. The van der Waals surface area contributed by atoms with Crippen molar-refractivity contribution in [3.8, 4) is 0 Å². The first-order valence-electron chi connectivity index (χ1n) is 5.84. The number of nitrogens with two attached hydrogens (primary N) is 1. The van der Waals surface area contributed by atoms with Gasteiger partial charge in [-0.15, -0.1) is 10.2 Å². The van der Waals surface area contributed by atoms with Crippen LogP contribution in [0.2, 0.25) is 0 Å². The van der Waals surface area contributed by atoms with E-state index in [-0.39, 0.29) is 5.91 Å². The monoisotopic (exact) mass is 235 g/mol. The van der Waals surface area contributed by atoms with Crippen LogP contribution in [0, 0.1) is 5.92 Å². The summed E-state index contributed by atoms with van der Waals surface area (Å²) in [5.41, 5.74) is 2.75. The summed E-state index contributed by atoms with van der Waals surface area (Å²) in [6.07, 6.45) is 2.46. The Morgan fingerprint density at radius 3 is 2.76 bits per heavy atom. The fraction of sp³-hybridized carbons (Fsp3) is 0.545. The second-order valence-electron chi connectivity index (χ2n) is 4.24. The zero-order valence-corrected chi connectivity index (χ0v) is 9.89. The van der Waals surface area contributed by atoms with Gasteiger partial charge in [0, 0.05) is 13.1 Å². The largest absolute Gasteiger partial charge is 0.337 e. The van der Waals surface area contributed by atoms with Crippen LogP contribution < -0.4 is 11.3 Å². The Morgan fingerprint density at radius 1 is 1.53 bits per heavy atom.